The molecule has 4 aromatic rings. The normalized spacial score (nSPS) is 20.6. The van der Waals surface area contributed by atoms with Crippen molar-refractivity contribution in [2.24, 2.45) is 9.98 Å². The van der Waals surface area contributed by atoms with Gasteiger partial charge in [0.25, 0.3) is 0 Å². The Morgan fingerprint density at radius 1 is 0.523 bits per heavy atom. The lowest BCUT2D eigenvalue weighted by atomic mass is 9.84. The van der Waals surface area contributed by atoms with Crippen molar-refractivity contribution < 1.29 is 0 Å². The molecule has 0 atom stereocenters. The number of fused-ring (bicyclic) bond motifs is 16. The third-order valence-corrected chi connectivity index (χ3v) is 10.8. The van der Waals surface area contributed by atoms with E-state index in [0.29, 0.717) is 0 Å². The molecule has 44 heavy (non-hydrogen) atoms. The SMILES string of the molecule is CC1=C(C)/C2=C/c3[nH]c(c4c3-c3ccccc3CC4)CC3=N/C(=C/c4[nH]c(c5c4-c4ccccc4CC5)CC1=N2)C(C)=C3C. The highest BCUT2D eigenvalue weighted by Gasteiger charge is 2.30. The second-order valence-corrected chi connectivity index (χ2v) is 13.1. The number of H-pyrrole nitrogens is 2. The molecule has 216 valence electrons. The average Bonchev–Trinajstić information content (AvgIpc) is 3.73. The van der Waals surface area contributed by atoms with Gasteiger partial charge in [0.2, 0.25) is 0 Å². The van der Waals surface area contributed by atoms with E-state index < -0.39 is 0 Å². The Morgan fingerprint density at radius 3 is 1.41 bits per heavy atom. The highest BCUT2D eigenvalue weighted by Crippen LogP contribution is 2.43. The Kier molecular flexibility index (Phi) is 5.50. The van der Waals surface area contributed by atoms with Gasteiger partial charge in [0.05, 0.1) is 22.8 Å². The number of aromatic amines is 2. The van der Waals surface area contributed by atoms with Gasteiger partial charge in [-0.3, -0.25) is 9.98 Å². The van der Waals surface area contributed by atoms with Crippen molar-refractivity contribution in [2.45, 2.75) is 66.2 Å². The van der Waals surface area contributed by atoms with E-state index in [0.717, 1.165) is 61.3 Å². The van der Waals surface area contributed by atoms with Crippen molar-refractivity contribution in [2.75, 3.05) is 0 Å². The molecular weight excluding hydrogens is 536 g/mol. The molecule has 0 saturated heterocycles. The number of allylic oxidation sites excluding steroid dienone is 4. The summed E-state index contributed by atoms with van der Waals surface area (Å²) in [6, 6.07) is 17.8. The Hall–Kier alpha value is -4.70. The van der Waals surface area contributed by atoms with Gasteiger partial charge in [-0.2, -0.15) is 0 Å². The van der Waals surface area contributed by atoms with Crippen molar-refractivity contribution in [3.05, 3.63) is 127 Å². The Morgan fingerprint density at radius 2 is 0.955 bits per heavy atom. The third-order valence-electron chi connectivity index (χ3n) is 10.8. The Labute approximate surface area is 258 Å². The van der Waals surface area contributed by atoms with E-state index in [1.807, 2.05) is 0 Å². The van der Waals surface area contributed by atoms with E-state index in [2.05, 4.69) is 98.3 Å². The maximum Gasteiger partial charge on any atom is 0.0686 e. The molecule has 5 heterocycles. The van der Waals surface area contributed by atoms with Crippen LogP contribution >= 0.6 is 0 Å². The van der Waals surface area contributed by atoms with Crippen LogP contribution in [0.25, 0.3) is 34.4 Å². The fourth-order valence-corrected chi connectivity index (χ4v) is 8.07. The minimum absolute atomic E-state index is 0.799. The monoisotopic (exact) mass is 572 g/mol. The van der Waals surface area contributed by atoms with E-state index >= 15 is 0 Å². The van der Waals surface area contributed by atoms with Crippen molar-refractivity contribution in [1.82, 2.24) is 9.97 Å². The minimum atomic E-state index is 0.799. The number of aromatic nitrogens is 2. The van der Waals surface area contributed by atoms with Crippen LogP contribution in [0.5, 0.6) is 0 Å². The summed E-state index contributed by atoms with van der Waals surface area (Å²) < 4.78 is 0. The summed E-state index contributed by atoms with van der Waals surface area (Å²) in [6.45, 7) is 8.95. The molecule has 0 amide bonds. The van der Waals surface area contributed by atoms with Crippen LogP contribution in [0.1, 0.15) is 72.7 Å². The first kappa shape index (κ1) is 25.8. The Bertz CT molecular complexity index is 1990. The van der Waals surface area contributed by atoms with Gasteiger partial charge in [0.1, 0.15) is 0 Å². The first-order valence-electron chi connectivity index (χ1n) is 16.0. The van der Waals surface area contributed by atoms with Crippen molar-refractivity contribution in [3.63, 3.8) is 0 Å². The fraction of sp³-hybridized carbons (Fsp3) is 0.250. The average molecular weight is 573 g/mol. The number of benzene rings is 2. The van der Waals surface area contributed by atoms with Gasteiger partial charge in [-0.15, -0.1) is 0 Å². The van der Waals surface area contributed by atoms with Crippen molar-refractivity contribution in [1.29, 1.82) is 0 Å². The topological polar surface area (TPSA) is 56.3 Å². The van der Waals surface area contributed by atoms with Crippen LogP contribution in [-0.4, -0.2) is 21.4 Å². The molecular formula is C40H36N4. The molecule has 2 N–H and O–H groups in total. The number of nitrogens with one attached hydrogen (secondary N) is 2. The smallest absolute Gasteiger partial charge is 0.0686 e. The number of nitrogens with zero attached hydrogens (tertiary/aromatic N) is 2. The van der Waals surface area contributed by atoms with Gasteiger partial charge < -0.3 is 9.97 Å². The van der Waals surface area contributed by atoms with Gasteiger partial charge in [-0.05, 0) is 121 Å². The van der Waals surface area contributed by atoms with Crippen LogP contribution in [0.4, 0.5) is 0 Å². The molecule has 2 aliphatic carbocycles. The quantitative estimate of drug-likeness (QED) is 0.211. The van der Waals surface area contributed by atoms with Gasteiger partial charge in [-0.25, -0.2) is 0 Å². The summed E-state index contributed by atoms with van der Waals surface area (Å²) in [6.07, 6.45) is 10.4. The van der Waals surface area contributed by atoms with E-state index in [9.17, 15) is 0 Å². The van der Waals surface area contributed by atoms with Crippen LogP contribution in [0, 0.1) is 0 Å². The minimum Gasteiger partial charge on any atom is -0.358 e. The lowest BCUT2D eigenvalue weighted by molar-refractivity contribution is 0.927. The molecule has 0 fully saturated rings. The summed E-state index contributed by atoms with van der Waals surface area (Å²) >= 11 is 0. The summed E-state index contributed by atoms with van der Waals surface area (Å²) in [5.41, 5.74) is 25.6. The summed E-state index contributed by atoms with van der Waals surface area (Å²) in [7, 11) is 0. The van der Waals surface area contributed by atoms with Crippen LogP contribution < -0.4 is 0 Å². The standard InChI is InChI=1S/C40H36N4/c1-21-23(3)33-19-37-40-28-12-8-6-10-26(28)14-16-30(40)36(44-37)18-32-22(2)24(4)34(42-32)20-38-39-27-11-7-5-9-25(27)13-15-29(39)35(43-38)17-31(21)41-33/h5-12,19-20,43-44H,13-18H2,1-4H3/b33-19-,34-20+. The van der Waals surface area contributed by atoms with Crippen LogP contribution in [0.15, 0.2) is 92.2 Å². The zero-order valence-electron chi connectivity index (χ0n) is 25.9. The predicted octanol–water partition coefficient (Wildman–Crippen LogP) is 8.94. The lowest BCUT2D eigenvalue weighted by Crippen LogP contribution is -2.08. The molecule has 8 bridgehead atoms. The van der Waals surface area contributed by atoms with E-state index in [4.69, 9.17) is 9.98 Å². The van der Waals surface area contributed by atoms with Crippen LogP contribution in [0.2, 0.25) is 0 Å². The molecule has 0 saturated carbocycles. The molecule has 2 aromatic carbocycles. The summed E-state index contributed by atoms with van der Waals surface area (Å²) in [5, 5.41) is 0. The van der Waals surface area contributed by atoms with Gasteiger partial charge in [-0.1, -0.05) is 48.5 Å². The molecule has 3 aliphatic heterocycles. The van der Waals surface area contributed by atoms with Crippen molar-refractivity contribution >= 4 is 23.6 Å². The Balaban J connectivity index is 1.29. The highest BCUT2D eigenvalue weighted by atomic mass is 14.9. The summed E-state index contributed by atoms with van der Waals surface area (Å²) in [4.78, 5) is 18.5. The molecule has 0 radical (unpaired) electrons. The molecule has 4 heteroatoms. The maximum absolute atomic E-state index is 5.33. The summed E-state index contributed by atoms with van der Waals surface area (Å²) in [5.74, 6) is 0. The molecule has 4 nitrogen and oxygen atoms in total. The number of aryl methyl sites for hydroxylation is 2. The first-order valence-corrected chi connectivity index (χ1v) is 16.0. The van der Waals surface area contributed by atoms with E-state index in [-0.39, 0.29) is 0 Å². The van der Waals surface area contributed by atoms with Crippen LogP contribution in [-0.2, 0) is 38.5 Å². The number of hydrogen-bond donors (Lipinski definition) is 2. The number of hydrogen-bond acceptors (Lipinski definition) is 2. The molecule has 0 spiro atoms. The zero-order valence-corrected chi connectivity index (χ0v) is 25.9. The highest BCUT2D eigenvalue weighted by molar-refractivity contribution is 6.08. The first-order chi connectivity index (χ1) is 21.4. The second kappa shape index (κ2) is 9.40. The predicted molar refractivity (Wildman–Crippen MR) is 182 cm³/mol. The molecule has 2 aromatic heterocycles. The van der Waals surface area contributed by atoms with Crippen molar-refractivity contribution in [3.8, 4) is 22.3 Å². The lowest BCUT2D eigenvalue weighted by Gasteiger charge is -2.18. The second-order valence-electron chi connectivity index (χ2n) is 13.1. The third kappa shape index (κ3) is 3.70. The number of aliphatic imine (C=N–C) groups is 2. The van der Waals surface area contributed by atoms with Gasteiger partial charge in [0, 0.05) is 46.7 Å². The van der Waals surface area contributed by atoms with E-state index in [1.54, 1.807) is 0 Å². The molecule has 9 rings (SSSR count). The number of rotatable bonds is 0. The zero-order chi connectivity index (χ0) is 29.7. The molecule has 0 unspecified atom stereocenters. The largest absolute Gasteiger partial charge is 0.358 e. The van der Waals surface area contributed by atoms with E-state index in [1.165, 1.54) is 89.6 Å². The fourth-order valence-electron chi connectivity index (χ4n) is 8.07. The molecule has 5 aliphatic rings. The van der Waals surface area contributed by atoms with Gasteiger partial charge >= 0.3 is 0 Å². The maximum atomic E-state index is 5.33. The van der Waals surface area contributed by atoms with Crippen LogP contribution in [0.3, 0.4) is 0 Å². The van der Waals surface area contributed by atoms with Gasteiger partial charge in [0.15, 0.2) is 0 Å².